The number of benzene rings is 2. The Morgan fingerprint density at radius 1 is 1.12 bits per heavy atom. The van der Waals surface area contributed by atoms with Crippen molar-refractivity contribution in [2.45, 2.75) is 17.4 Å². The van der Waals surface area contributed by atoms with E-state index in [-0.39, 0.29) is 11.2 Å². The highest BCUT2D eigenvalue weighted by Crippen LogP contribution is 2.30. The fraction of sp³-hybridized carbons (Fsp3) is 0.105. The molecular weight excluding hydrogens is 348 g/mol. The zero-order valence-electron chi connectivity index (χ0n) is 14.0. The number of rotatable bonds is 5. The second-order valence-electron chi connectivity index (χ2n) is 5.74. The number of carbonyl (C=O) groups is 1. The molecule has 0 spiro atoms. The highest BCUT2D eigenvalue weighted by atomic mass is 32.2. The van der Waals surface area contributed by atoms with Crippen LogP contribution in [0.2, 0.25) is 0 Å². The third-order valence-corrected chi connectivity index (χ3v) is 4.85. The molecule has 1 atom stereocenters. The van der Waals surface area contributed by atoms with Crippen LogP contribution in [0.25, 0.3) is 22.4 Å². The maximum absolute atomic E-state index is 12.3. The van der Waals surface area contributed by atoms with Gasteiger partial charge in [-0.2, -0.15) is 0 Å². The van der Waals surface area contributed by atoms with Gasteiger partial charge in [0.05, 0.1) is 10.8 Å². The van der Waals surface area contributed by atoms with Crippen LogP contribution in [0.15, 0.2) is 70.4 Å². The molecule has 1 amide bonds. The first-order valence-corrected chi connectivity index (χ1v) is 9.01. The van der Waals surface area contributed by atoms with E-state index in [1.807, 2.05) is 60.8 Å². The number of fused-ring (bicyclic) bond motifs is 1. The van der Waals surface area contributed by atoms with Crippen LogP contribution in [0.1, 0.15) is 6.92 Å². The van der Waals surface area contributed by atoms with Crippen LogP contribution < -0.4 is 5.32 Å². The van der Waals surface area contributed by atoms with Crippen molar-refractivity contribution in [3.63, 3.8) is 0 Å². The number of thioether (sulfide) groups is 1. The molecule has 130 valence electrons. The van der Waals surface area contributed by atoms with Gasteiger partial charge in [0, 0.05) is 22.8 Å². The molecule has 26 heavy (non-hydrogen) atoms. The average molecular weight is 364 g/mol. The number of amides is 1. The number of anilines is 1. The monoisotopic (exact) mass is 364 g/mol. The predicted molar refractivity (Wildman–Crippen MR) is 102 cm³/mol. The molecule has 2 N–H and O–H groups in total. The molecule has 1 unspecified atom stereocenters. The molecule has 6 nitrogen and oxygen atoms in total. The van der Waals surface area contributed by atoms with E-state index in [0.717, 1.165) is 22.2 Å². The number of aromatic amines is 1. The molecule has 4 rings (SSSR count). The van der Waals surface area contributed by atoms with Gasteiger partial charge in [0.15, 0.2) is 0 Å². The van der Waals surface area contributed by atoms with Gasteiger partial charge in [0.25, 0.3) is 11.1 Å². The largest absolute Gasteiger partial charge is 0.411 e. The minimum Gasteiger partial charge on any atom is -0.411 e. The number of para-hydroxylation sites is 2. The second kappa shape index (κ2) is 7.05. The van der Waals surface area contributed by atoms with E-state index in [4.69, 9.17) is 4.42 Å². The molecule has 0 fully saturated rings. The molecule has 7 heteroatoms. The van der Waals surface area contributed by atoms with E-state index in [1.165, 1.54) is 11.8 Å². The summed E-state index contributed by atoms with van der Waals surface area (Å²) in [4.78, 5) is 15.5. The highest BCUT2D eigenvalue weighted by Gasteiger charge is 2.19. The van der Waals surface area contributed by atoms with Crippen LogP contribution in [0.4, 0.5) is 5.69 Å². The molecule has 2 heterocycles. The molecule has 2 aromatic carbocycles. The lowest BCUT2D eigenvalue weighted by Gasteiger charge is -2.09. The summed E-state index contributed by atoms with van der Waals surface area (Å²) < 4.78 is 5.75. The molecule has 2 aromatic heterocycles. The van der Waals surface area contributed by atoms with Crippen molar-refractivity contribution in [3.8, 4) is 11.5 Å². The van der Waals surface area contributed by atoms with Crippen molar-refractivity contribution in [1.29, 1.82) is 0 Å². The zero-order valence-corrected chi connectivity index (χ0v) is 14.8. The molecule has 0 bridgehead atoms. The van der Waals surface area contributed by atoms with Crippen LogP contribution in [0.5, 0.6) is 0 Å². The first kappa shape index (κ1) is 16.4. The maximum Gasteiger partial charge on any atom is 0.277 e. The molecule has 0 aliphatic heterocycles. The van der Waals surface area contributed by atoms with Gasteiger partial charge in [-0.15, -0.1) is 10.2 Å². The van der Waals surface area contributed by atoms with Gasteiger partial charge < -0.3 is 14.7 Å². The van der Waals surface area contributed by atoms with E-state index in [9.17, 15) is 4.79 Å². The topological polar surface area (TPSA) is 83.8 Å². The Bertz CT molecular complexity index is 1040. The molecule has 0 saturated heterocycles. The summed E-state index contributed by atoms with van der Waals surface area (Å²) >= 11 is 1.23. The van der Waals surface area contributed by atoms with Gasteiger partial charge >= 0.3 is 0 Å². The van der Waals surface area contributed by atoms with Crippen molar-refractivity contribution < 1.29 is 9.21 Å². The average Bonchev–Trinajstić information content (AvgIpc) is 3.29. The zero-order chi connectivity index (χ0) is 17.9. The van der Waals surface area contributed by atoms with E-state index in [1.54, 1.807) is 6.92 Å². The smallest absolute Gasteiger partial charge is 0.277 e. The van der Waals surface area contributed by atoms with Gasteiger partial charge in [-0.3, -0.25) is 4.79 Å². The Hall–Kier alpha value is -3.06. The summed E-state index contributed by atoms with van der Waals surface area (Å²) in [6, 6.07) is 17.2. The lowest BCUT2D eigenvalue weighted by Crippen LogP contribution is -2.22. The molecule has 0 aliphatic rings. The van der Waals surface area contributed by atoms with Crippen LogP contribution in [-0.4, -0.2) is 26.3 Å². The van der Waals surface area contributed by atoms with Crippen molar-refractivity contribution >= 4 is 34.3 Å². The van der Waals surface area contributed by atoms with E-state index in [0.29, 0.717) is 11.1 Å². The van der Waals surface area contributed by atoms with Crippen molar-refractivity contribution in [3.05, 3.63) is 60.8 Å². The first-order valence-electron chi connectivity index (χ1n) is 8.13. The Balaban J connectivity index is 1.47. The summed E-state index contributed by atoms with van der Waals surface area (Å²) in [6.45, 7) is 1.80. The number of H-pyrrole nitrogens is 1. The Kier molecular flexibility index (Phi) is 4.45. The molecule has 0 saturated carbocycles. The lowest BCUT2D eigenvalue weighted by molar-refractivity contribution is -0.115. The molecule has 4 aromatic rings. The standard InChI is InChI=1S/C19H16N4O2S/c1-12(17(24)21-13-7-3-2-4-8-13)26-19-23-22-18(25-19)15-11-20-16-10-6-5-9-14(15)16/h2-12,20H,1H3,(H,21,24). The quantitative estimate of drug-likeness (QED) is 0.515. The van der Waals surface area contributed by atoms with Crippen molar-refractivity contribution in [1.82, 2.24) is 15.2 Å². The van der Waals surface area contributed by atoms with Crippen LogP contribution in [-0.2, 0) is 4.79 Å². The number of hydrogen-bond donors (Lipinski definition) is 2. The molecular formula is C19H16N4O2S. The number of nitrogens with zero attached hydrogens (tertiary/aromatic N) is 2. The minimum atomic E-state index is -0.369. The molecule has 0 aliphatic carbocycles. The highest BCUT2D eigenvalue weighted by molar-refractivity contribution is 8.00. The lowest BCUT2D eigenvalue weighted by atomic mass is 10.2. The predicted octanol–water partition coefficient (Wildman–Crippen LogP) is 4.34. The minimum absolute atomic E-state index is 0.118. The SMILES string of the molecule is CC(Sc1nnc(-c2c[nH]c3ccccc23)o1)C(=O)Nc1ccccc1. The van der Waals surface area contributed by atoms with Gasteiger partial charge in [0.1, 0.15) is 0 Å². The van der Waals surface area contributed by atoms with Crippen LogP contribution in [0.3, 0.4) is 0 Å². The second-order valence-corrected chi connectivity index (χ2v) is 7.03. The fourth-order valence-corrected chi connectivity index (χ4v) is 3.27. The summed E-state index contributed by atoms with van der Waals surface area (Å²) in [5, 5.41) is 12.1. The Labute approximate surface area is 154 Å². The fourth-order valence-electron chi connectivity index (χ4n) is 2.58. The number of carbonyl (C=O) groups excluding carboxylic acids is 1. The van der Waals surface area contributed by atoms with E-state index >= 15 is 0 Å². The summed E-state index contributed by atoms with van der Waals surface area (Å²) in [7, 11) is 0. The summed E-state index contributed by atoms with van der Waals surface area (Å²) in [6.07, 6.45) is 1.85. The van der Waals surface area contributed by atoms with Crippen molar-refractivity contribution in [2.75, 3.05) is 5.32 Å². The van der Waals surface area contributed by atoms with Gasteiger partial charge in [-0.25, -0.2) is 0 Å². The third kappa shape index (κ3) is 3.34. The normalized spacial score (nSPS) is 12.2. The van der Waals surface area contributed by atoms with Gasteiger partial charge in [-0.05, 0) is 25.1 Å². The van der Waals surface area contributed by atoms with Crippen molar-refractivity contribution in [2.24, 2.45) is 0 Å². The summed E-state index contributed by atoms with van der Waals surface area (Å²) in [5.41, 5.74) is 2.61. The summed E-state index contributed by atoms with van der Waals surface area (Å²) in [5.74, 6) is 0.314. The van der Waals surface area contributed by atoms with E-state index in [2.05, 4.69) is 20.5 Å². The third-order valence-electron chi connectivity index (χ3n) is 3.91. The number of aromatic nitrogens is 3. The number of nitrogens with one attached hydrogen (secondary N) is 2. The Morgan fingerprint density at radius 3 is 2.73 bits per heavy atom. The van der Waals surface area contributed by atoms with Gasteiger partial charge in [-0.1, -0.05) is 48.2 Å². The number of hydrogen-bond acceptors (Lipinski definition) is 5. The van der Waals surface area contributed by atoms with E-state index < -0.39 is 0 Å². The first-order chi connectivity index (χ1) is 12.7. The Morgan fingerprint density at radius 2 is 1.88 bits per heavy atom. The van der Waals surface area contributed by atoms with Crippen LogP contribution >= 0.6 is 11.8 Å². The maximum atomic E-state index is 12.3. The van der Waals surface area contributed by atoms with Crippen LogP contribution in [0, 0.1) is 0 Å². The molecule has 0 radical (unpaired) electrons. The van der Waals surface area contributed by atoms with Gasteiger partial charge in [0.2, 0.25) is 5.91 Å².